The van der Waals surface area contributed by atoms with Gasteiger partial charge in [-0.15, -0.1) is 10.2 Å². The summed E-state index contributed by atoms with van der Waals surface area (Å²) in [6.07, 6.45) is 0.841. The van der Waals surface area contributed by atoms with E-state index in [1.165, 1.54) is 16.7 Å². The monoisotopic (exact) mass is 491 g/mol. The van der Waals surface area contributed by atoms with Crippen LogP contribution in [0.4, 0.5) is 0 Å². The molecule has 1 unspecified atom stereocenters. The fourth-order valence-electron chi connectivity index (χ4n) is 4.05. The summed E-state index contributed by atoms with van der Waals surface area (Å²) in [6, 6.07) is 11.8. The molecule has 1 amide bonds. The minimum Gasteiger partial charge on any atom is -0.350 e. The van der Waals surface area contributed by atoms with Gasteiger partial charge in [0.15, 0.2) is 5.16 Å². The summed E-state index contributed by atoms with van der Waals surface area (Å²) >= 11 is 1.58. The molecule has 184 valence electrons. The maximum absolute atomic E-state index is 13.4. The molecule has 2 heterocycles. The molecule has 0 aliphatic heterocycles. The molecule has 0 saturated heterocycles. The van der Waals surface area contributed by atoms with Crippen molar-refractivity contribution < 1.29 is 4.79 Å². The summed E-state index contributed by atoms with van der Waals surface area (Å²) in [5, 5.41) is 13.2. The van der Waals surface area contributed by atoms with E-state index in [1.807, 2.05) is 18.2 Å². The quantitative estimate of drug-likeness (QED) is 0.345. The lowest BCUT2D eigenvalue weighted by Crippen LogP contribution is -2.32. The van der Waals surface area contributed by atoms with Crippen LogP contribution < -0.4 is 10.9 Å². The van der Waals surface area contributed by atoms with E-state index in [-0.39, 0.29) is 23.4 Å². The van der Waals surface area contributed by atoms with Gasteiger partial charge in [0.2, 0.25) is 5.78 Å². The van der Waals surface area contributed by atoms with Crippen molar-refractivity contribution in [1.29, 1.82) is 0 Å². The number of nitrogens with one attached hydrogen (secondary N) is 1. The fourth-order valence-corrected chi connectivity index (χ4v) is 5.06. The zero-order valence-corrected chi connectivity index (χ0v) is 22.1. The molecule has 2 aromatic carbocycles. The molecule has 0 fully saturated rings. The molecule has 4 rings (SSSR count). The Morgan fingerprint density at radius 2 is 1.86 bits per heavy atom. The smallest absolute Gasteiger partial charge is 0.262 e. The Morgan fingerprint density at radius 1 is 1.09 bits per heavy atom. The van der Waals surface area contributed by atoms with E-state index < -0.39 is 0 Å². The Hall–Kier alpha value is -3.13. The van der Waals surface area contributed by atoms with E-state index in [9.17, 15) is 9.59 Å². The van der Waals surface area contributed by atoms with Gasteiger partial charge in [-0.3, -0.25) is 18.6 Å². The highest BCUT2D eigenvalue weighted by atomic mass is 32.2. The van der Waals surface area contributed by atoms with Crippen LogP contribution in [0.1, 0.15) is 61.2 Å². The number of thioether (sulfide) groups is 1. The van der Waals surface area contributed by atoms with E-state index >= 15 is 0 Å². The van der Waals surface area contributed by atoms with Gasteiger partial charge in [0, 0.05) is 23.9 Å². The lowest BCUT2D eigenvalue weighted by molar-refractivity contribution is 0.0939. The Bertz CT molecular complexity index is 1450. The van der Waals surface area contributed by atoms with Crippen molar-refractivity contribution in [3.8, 4) is 0 Å². The van der Waals surface area contributed by atoms with E-state index in [2.05, 4.69) is 61.4 Å². The number of rotatable bonds is 8. The number of fused-ring (bicyclic) bond motifs is 3. The molecular weight excluding hydrogens is 458 g/mol. The first-order chi connectivity index (χ1) is 16.7. The van der Waals surface area contributed by atoms with Crippen molar-refractivity contribution in [3.05, 3.63) is 69.0 Å². The van der Waals surface area contributed by atoms with Gasteiger partial charge in [-0.05, 0) is 62.4 Å². The van der Waals surface area contributed by atoms with Crippen LogP contribution in [0.15, 0.2) is 46.3 Å². The Balaban J connectivity index is 1.86. The topological polar surface area (TPSA) is 81.3 Å². The maximum atomic E-state index is 13.4. The second-order valence-corrected chi connectivity index (χ2v) is 10.6. The number of aryl methyl sites for hydroxylation is 2. The number of amides is 1. The minimum absolute atomic E-state index is 0.0656. The van der Waals surface area contributed by atoms with Crippen molar-refractivity contribution in [3.63, 3.8) is 0 Å². The molecule has 0 aliphatic rings. The molecule has 7 nitrogen and oxygen atoms in total. The largest absolute Gasteiger partial charge is 0.350 e. The molecular formula is C27H33N5O2S. The third-order valence-electron chi connectivity index (χ3n) is 6.23. The summed E-state index contributed by atoms with van der Waals surface area (Å²) in [4.78, 5) is 26.3. The standard InChI is InChI=1S/C27H33N5O2S/c1-7-19(6)28-24(33)20-10-11-22-23(13-20)32-26(31(25(22)34)14-16(2)3)29-30-27(32)35-15-21-12-17(4)8-9-18(21)5/h8-13,16,19H,7,14-15H2,1-6H3,(H,28,33). The first-order valence-electron chi connectivity index (χ1n) is 12.1. The second-order valence-electron chi connectivity index (χ2n) is 9.66. The van der Waals surface area contributed by atoms with Gasteiger partial charge in [-0.25, -0.2) is 0 Å². The zero-order chi connectivity index (χ0) is 25.3. The van der Waals surface area contributed by atoms with Crippen LogP contribution >= 0.6 is 11.8 Å². The third-order valence-corrected chi connectivity index (χ3v) is 7.21. The Morgan fingerprint density at radius 3 is 2.57 bits per heavy atom. The van der Waals surface area contributed by atoms with Gasteiger partial charge in [0.05, 0.1) is 10.9 Å². The normalized spacial score (nSPS) is 12.5. The average molecular weight is 492 g/mol. The number of nitrogens with zero attached hydrogens (tertiary/aromatic N) is 4. The van der Waals surface area contributed by atoms with Gasteiger partial charge < -0.3 is 5.32 Å². The van der Waals surface area contributed by atoms with Gasteiger partial charge in [0.25, 0.3) is 11.5 Å². The summed E-state index contributed by atoms with van der Waals surface area (Å²) in [5.74, 6) is 1.34. The highest BCUT2D eigenvalue weighted by Crippen LogP contribution is 2.27. The molecule has 0 aliphatic carbocycles. The highest BCUT2D eigenvalue weighted by molar-refractivity contribution is 7.98. The Kier molecular flexibility index (Phi) is 7.31. The lowest BCUT2D eigenvalue weighted by Gasteiger charge is -2.15. The molecule has 0 saturated carbocycles. The first-order valence-corrected chi connectivity index (χ1v) is 13.1. The predicted molar refractivity (Wildman–Crippen MR) is 142 cm³/mol. The van der Waals surface area contributed by atoms with Crippen molar-refractivity contribution in [2.75, 3.05) is 0 Å². The summed E-state index contributed by atoms with van der Waals surface area (Å²) in [7, 11) is 0. The molecule has 0 radical (unpaired) electrons. The zero-order valence-electron chi connectivity index (χ0n) is 21.3. The van der Waals surface area contributed by atoms with Crippen molar-refractivity contribution >= 4 is 34.3 Å². The van der Waals surface area contributed by atoms with Crippen LogP contribution in [0, 0.1) is 19.8 Å². The van der Waals surface area contributed by atoms with Gasteiger partial charge >= 0.3 is 0 Å². The molecule has 35 heavy (non-hydrogen) atoms. The van der Waals surface area contributed by atoms with Crippen LogP contribution in [-0.4, -0.2) is 31.1 Å². The molecule has 2 aromatic heterocycles. The first kappa shape index (κ1) is 25.0. The SMILES string of the molecule is CCC(C)NC(=O)c1ccc2c(=O)n(CC(C)C)c3nnc(SCc4cc(C)ccc4C)n3c2c1. The fraction of sp³-hybridized carbons (Fsp3) is 0.407. The Labute approximate surface area is 210 Å². The number of hydrogen-bond acceptors (Lipinski definition) is 5. The average Bonchev–Trinajstić information content (AvgIpc) is 3.25. The summed E-state index contributed by atoms with van der Waals surface area (Å²) < 4.78 is 3.62. The second kappa shape index (κ2) is 10.2. The van der Waals surface area contributed by atoms with Crippen LogP contribution in [0.2, 0.25) is 0 Å². The van der Waals surface area contributed by atoms with Crippen LogP contribution in [0.25, 0.3) is 16.7 Å². The van der Waals surface area contributed by atoms with Crippen LogP contribution in [-0.2, 0) is 12.3 Å². The lowest BCUT2D eigenvalue weighted by atomic mass is 10.1. The predicted octanol–water partition coefficient (Wildman–Crippen LogP) is 5.14. The van der Waals surface area contributed by atoms with Gasteiger partial charge in [-0.2, -0.15) is 0 Å². The number of benzene rings is 2. The summed E-state index contributed by atoms with van der Waals surface area (Å²) in [6.45, 7) is 12.9. The van der Waals surface area contributed by atoms with Crippen molar-refractivity contribution in [2.45, 2.75) is 71.5 Å². The number of hydrogen-bond donors (Lipinski definition) is 1. The maximum Gasteiger partial charge on any atom is 0.262 e. The van der Waals surface area contributed by atoms with Crippen molar-refractivity contribution in [1.82, 2.24) is 24.5 Å². The van der Waals surface area contributed by atoms with Gasteiger partial charge in [-0.1, -0.05) is 56.3 Å². The number of aromatic nitrogens is 4. The van der Waals surface area contributed by atoms with Crippen LogP contribution in [0.3, 0.4) is 0 Å². The molecule has 8 heteroatoms. The molecule has 0 bridgehead atoms. The highest BCUT2D eigenvalue weighted by Gasteiger charge is 2.20. The number of carbonyl (C=O) groups is 1. The van der Waals surface area contributed by atoms with E-state index in [1.54, 1.807) is 34.5 Å². The molecule has 1 atom stereocenters. The van der Waals surface area contributed by atoms with Crippen LogP contribution in [0.5, 0.6) is 0 Å². The summed E-state index contributed by atoms with van der Waals surface area (Å²) in [5.41, 5.74) is 4.72. The third kappa shape index (κ3) is 5.12. The van der Waals surface area contributed by atoms with E-state index in [0.717, 1.165) is 12.2 Å². The molecule has 0 spiro atoms. The molecule has 1 N–H and O–H groups in total. The number of carbonyl (C=O) groups excluding carboxylic acids is 1. The van der Waals surface area contributed by atoms with E-state index in [4.69, 9.17) is 0 Å². The van der Waals surface area contributed by atoms with Crippen molar-refractivity contribution in [2.24, 2.45) is 5.92 Å². The van der Waals surface area contributed by atoms with Gasteiger partial charge in [0.1, 0.15) is 0 Å². The molecule has 4 aromatic rings. The van der Waals surface area contributed by atoms with E-state index in [0.29, 0.717) is 33.9 Å². The minimum atomic E-state index is -0.154.